The van der Waals surface area contributed by atoms with E-state index in [-0.39, 0.29) is 0 Å². The third-order valence-electron chi connectivity index (χ3n) is 3.44. The number of benzene rings is 1. The molecule has 0 fully saturated rings. The van der Waals surface area contributed by atoms with Crippen LogP contribution < -0.4 is 0 Å². The van der Waals surface area contributed by atoms with Crippen LogP contribution in [0.4, 0.5) is 0 Å². The van der Waals surface area contributed by atoms with Gasteiger partial charge in [0.05, 0.1) is 13.2 Å². The van der Waals surface area contributed by atoms with E-state index in [1.54, 1.807) is 0 Å². The van der Waals surface area contributed by atoms with E-state index < -0.39 is 0 Å². The Morgan fingerprint density at radius 2 is 1.74 bits per heavy atom. The van der Waals surface area contributed by atoms with Crippen LogP contribution in [-0.2, 0) is 9.47 Å². The lowest BCUT2D eigenvalue weighted by Gasteiger charge is -2.24. The minimum Gasteiger partial charge on any atom is -0.479 e. The van der Waals surface area contributed by atoms with Crippen molar-refractivity contribution < 1.29 is 9.47 Å². The van der Waals surface area contributed by atoms with Gasteiger partial charge >= 0.3 is 0 Å². The minimum atomic E-state index is 0.550. The highest BCUT2D eigenvalue weighted by Crippen LogP contribution is 2.28. The highest BCUT2D eigenvalue weighted by molar-refractivity contribution is 5.79. The molecule has 23 heavy (non-hydrogen) atoms. The van der Waals surface area contributed by atoms with Crippen molar-refractivity contribution in [2.45, 2.75) is 33.6 Å². The monoisotopic (exact) mass is 317 g/mol. The molecular weight excluding hydrogens is 286 g/mol. The zero-order chi connectivity index (χ0) is 17.1. The van der Waals surface area contributed by atoms with Gasteiger partial charge in [0.1, 0.15) is 0 Å². The fourth-order valence-corrected chi connectivity index (χ4v) is 2.40. The smallest absolute Gasteiger partial charge is 0.195 e. The average molecular weight is 317 g/mol. The van der Waals surface area contributed by atoms with Crippen LogP contribution in [0.5, 0.6) is 0 Å². The van der Waals surface area contributed by atoms with E-state index in [0.717, 1.165) is 24.3 Å². The van der Waals surface area contributed by atoms with Crippen molar-refractivity contribution in [2.75, 3.05) is 33.9 Å². The van der Waals surface area contributed by atoms with Crippen LogP contribution in [0.25, 0.3) is 5.57 Å². The zero-order valence-electron chi connectivity index (χ0n) is 15.3. The Labute approximate surface area is 141 Å². The summed E-state index contributed by atoms with van der Waals surface area (Å²) in [5, 5.41) is 0. The van der Waals surface area contributed by atoms with Crippen LogP contribution >= 0.6 is 0 Å². The van der Waals surface area contributed by atoms with Crippen molar-refractivity contribution in [2.24, 2.45) is 0 Å². The van der Waals surface area contributed by atoms with E-state index in [0.29, 0.717) is 19.8 Å². The maximum atomic E-state index is 5.93. The number of hydrogen-bond acceptors (Lipinski definition) is 3. The van der Waals surface area contributed by atoms with E-state index in [2.05, 4.69) is 37.3 Å². The fraction of sp³-hybridized carbons (Fsp3) is 0.500. The first kappa shape index (κ1) is 19.3. The Hall–Kier alpha value is -1.74. The van der Waals surface area contributed by atoms with Crippen LogP contribution in [0.2, 0.25) is 0 Å². The van der Waals surface area contributed by atoms with Crippen LogP contribution in [0.15, 0.2) is 47.9 Å². The van der Waals surface area contributed by atoms with Gasteiger partial charge in [-0.25, -0.2) is 0 Å². The maximum Gasteiger partial charge on any atom is 0.195 e. The quantitative estimate of drug-likeness (QED) is 0.460. The molecule has 0 N–H and O–H groups in total. The van der Waals surface area contributed by atoms with Crippen molar-refractivity contribution in [1.29, 1.82) is 0 Å². The van der Waals surface area contributed by atoms with Gasteiger partial charge in [0.25, 0.3) is 0 Å². The molecule has 0 aliphatic heterocycles. The van der Waals surface area contributed by atoms with Crippen molar-refractivity contribution in [3.63, 3.8) is 0 Å². The number of allylic oxidation sites excluding steroid dienone is 1. The molecule has 0 amide bonds. The first-order valence-corrected chi connectivity index (χ1v) is 8.52. The van der Waals surface area contributed by atoms with Gasteiger partial charge in [-0.2, -0.15) is 0 Å². The first-order chi connectivity index (χ1) is 11.2. The lowest BCUT2D eigenvalue weighted by molar-refractivity contribution is 0.131. The summed E-state index contributed by atoms with van der Waals surface area (Å²) >= 11 is 0. The van der Waals surface area contributed by atoms with Gasteiger partial charge in [-0.3, -0.25) is 0 Å². The van der Waals surface area contributed by atoms with Crippen molar-refractivity contribution in [1.82, 2.24) is 4.90 Å². The van der Waals surface area contributed by atoms with Crippen LogP contribution in [0.1, 0.15) is 39.2 Å². The predicted molar refractivity (Wildman–Crippen MR) is 98.2 cm³/mol. The summed E-state index contributed by atoms with van der Waals surface area (Å²) in [7, 11) is 4.03. The lowest BCUT2D eigenvalue weighted by Crippen LogP contribution is -2.19. The van der Waals surface area contributed by atoms with Gasteiger partial charge in [0.15, 0.2) is 5.88 Å². The second-order valence-corrected chi connectivity index (χ2v) is 5.52. The number of hydrogen-bond donors (Lipinski definition) is 0. The number of rotatable bonds is 10. The van der Waals surface area contributed by atoms with E-state index in [1.165, 1.54) is 11.1 Å². The molecule has 128 valence electrons. The second kappa shape index (κ2) is 10.9. The lowest BCUT2D eigenvalue weighted by atomic mass is 9.96. The van der Waals surface area contributed by atoms with Gasteiger partial charge < -0.3 is 14.4 Å². The van der Waals surface area contributed by atoms with Gasteiger partial charge in [0, 0.05) is 26.3 Å². The molecule has 0 aromatic heterocycles. The standard InChI is InChI=1S/C20H31NO2/c1-6-9-15-18(17-13-11-10-12-14-17)19(16-22-7-2)20(21(4)5)23-8-3/h10-15H,6-9,16H2,1-5H3/b18-15-,20-19-. The summed E-state index contributed by atoms with van der Waals surface area (Å²) in [6, 6.07) is 10.5. The predicted octanol–water partition coefficient (Wildman–Crippen LogP) is 4.72. The Kier molecular flexibility index (Phi) is 9.15. The molecule has 0 saturated heterocycles. The summed E-state index contributed by atoms with van der Waals surface area (Å²) in [4.78, 5) is 2.03. The highest BCUT2D eigenvalue weighted by atomic mass is 16.5. The topological polar surface area (TPSA) is 21.7 Å². The molecule has 1 aromatic rings. The molecule has 1 aromatic carbocycles. The molecule has 0 aliphatic carbocycles. The van der Waals surface area contributed by atoms with Crippen LogP contribution in [0, 0.1) is 0 Å². The van der Waals surface area contributed by atoms with Gasteiger partial charge in [-0.15, -0.1) is 0 Å². The Balaban J connectivity index is 3.40. The molecule has 0 saturated carbocycles. The van der Waals surface area contributed by atoms with Crippen molar-refractivity contribution in [3.05, 3.63) is 53.4 Å². The molecule has 0 aliphatic rings. The van der Waals surface area contributed by atoms with Gasteiger partial charge in [-0.05, 0) is 31.4 Å². The Morgan fingerprint density at radius 1 is 1.04 bits per heavy atom. The first-order valence-electron chi connectivity index (χ1n) is 8.52. The fourth-order valence-electron chi connectivity index (χ4n) is 2.40. The molecule has 0 unspecified atom stereocenters. The largest absolute Gasteiger partial charge is 0.479 e. The highest BCUT2D eigenvalue weighted by Gasteiger charge is 2.17. The molecule has 0 atom stereocenters. The van der Waals surface area contributed by atoms with Crippen molar-refractivity contribution in [3.8, 4) is 0 Å². The SMILES string of the molecule is CCC/C=C(\C(COCC)=C(/OCC)N(C)C)c1ccccc1. The summed E-state index contributed by atoms with van der Waals surface area (Å²) in [5.41, 5.74) is 3.52. The molecular formula is C20H31NO2. The summed E-state index contributed by atoms with van der Waals surface area (Å²) in [6.07, 6.45) is 4.45. The van der Waals surface area contributed by atoms with E-state index in [1.807, 2.05) is 38.9 Å². The molecule has 3 heteroatoms. The Bertz CT molecular complexity index is 504. The summed E-state index contributed by atoms with van der Waals surface area (Å²) in [6.45, 7) is 8.10. The minimum absolute atomic E-state index is 0.550. The van der Waals surface area contributed by atoms with Crippen LogP contribution in [0.3, 0.4) is 0 Å². The maximum absolute atomic E-state index is 5.93. The van der Waals surface area contributed by atoms with Gasteiger partial charge in [-0.1, -0.05) is 49.8 Å². The number of ether oxygens (including phenoxy) is 2. The Morgan fingerprint density at radius 3 is 2.26 bits per heavy atom. The molecule has 0 radical (unpaired) electrons. The molecule has 1 rings (SSSR count). The van der Waals surface area contributed by atoms with E-state index in [4.69, 9.17) is 9.47 Å². The number of unbranched alkanes of at least 4 members (excludes halogenated alkanes) is 1. The number of nitrogens with zero attached hydrogens (tertiary/aromatic N) is 1. The molecule has 0 heterocycles. The summed E-state index contributed by atoms with van der Waals surface area (Å²) < 4.78 is 11.7. The normalized spacial score (nSPS) is 12.8. The van der Waals surface area contributed by atoms with Crippen LogP contribution in [-0.4, -0.2) is 38.8 Å². The molecule has 0 spiro atoms. The van der Waals surface area contributed by atoms with E-state index in [9.17, 15) is 0 Å². The second-order valence-electron chi connectivity index (χ2n) is 5.52. The third-order valence-corrected chi connectivity index (χ3v) is 3.44. The van der Waals surface area contributed by atoms with E-state index >= 15 is 0 Å². The molecule has 0 bridgehead atoms. The molecule has 3 nitrogen and oxygen atoms in total. The van der Waals surface area contributed by atoms with Crippen molar-refractivity contribution >= 4 is 5.57 Å². The third kappa shape index (κ3) is 6.11. The van der Waals surface area contributed by atoms with Gasteiger partial charge in [0.2, 0.25) is 0 Å². The average Bonchev–Trinajstić information content (AvgIpc) is 2.56. The zero-order valence-corrected chi connectivity index (χ0v) is 15.3. The summed E-state index contributed by atoms with van der Waals surface area (Å²) in [5.74, 6) is 0.882.